The van der Waals surface area contributed by atoms with Crippen LogP contribution in [0.2, 0.25) is 5.02 Å². The van der Waals surface area contributed by atoms with E-state index in [1.807, 2.05) is 22.6 Å². The minimum Gasteiger partial charge on any atom is -0.447 e. The van der Waals surface area contributed by atoms with Crippen LogP contribution in [0.25, 0.3) is 0 Å². The van der Waals surface area contributed by atoms with Gasteiger partial charge in [-0.25, -0.2) is 0 Å². The Balaban J connectivity index is 3.39. The fourth-order valence-corrected chi connectivity index (χ4v) is 2.52. The minimum absolute atomic E-state index is 0.229. The third-order valence-corrected chi connectivity index (χ3v) is 3.17. The summed E-state index contributed by atoms with van der Waals surface area (Å²) in [6, 6.07) is 4.74. The van der Waals surface area contributed by atoms with Gasteiger partial charge in [-0.3, -0.25) is 10.1 Å². The van der Waals surface area contributed by atoms with Gasteiger partial charge in [-0.2, -0.15) is 0 Å². The molecule has 21 heavy (non-hydrogen) atoms. The van der Waals surface area contributed by atoms with Gasteiger partial charge in [-0.15, -0.1) is 0 Å². The van der Waals surface area contributed by atoms with Crippen molar-refractivity contribution in [3.63, 3.8) is 0 Å². The van der Waals surface area contributed by atoms with Crippen LogP contribution in [0.4, 0.5) is 0 Å². The van der Waals surface area contributed by atoms with Gasteiger partial charge in [0, 0.05) is 14.7 Å². The fraction of sp³-hybridized carbons (Fsp3) is 0.0833. The lowest BCUT2D eigenvalue weighted by molar-refractivity contribution is -0.421. The van der Waals surface area contributed by atoms with Crippen LogP contribution in [0, 0.1) is 13.7 Å². The summed E-state index contributed by atoms with van der Waals surface area (Å²) in [4.78, 5) is 10.4. The molecule has 112 valence electrons. The molecule has 0 aliphatic carbocycles. The Morgan fingerprint density at radius 3 is 2.67 bits per heavy atom. The second kappa shape index (κ2) is 8.20. The van der Waals surface area contributed by atoms with Crippen molar-refractivity contribution in [2.75, 3.05) is 0 Å². The van der Waals surface area contributed by atoms with Gasteiger partial charge in [0.25, 0.3) is 0 Å². The summed E-state index contributed by atoms with van der Waals surface area (Å²) >= 11 is 13.6. The number of oxime groups is 1. The topological polar surface area (TPSA) is 85.0 Å². The summed E-state index contributed by atoms with van der Waals surface area (Å²) in [5.74, 6) is -0.159. The van der Waals surface area contributed by atoms with E-state index in [2.05, 4.69) is 5.16 Å². The summed E-state index contributed by atoms with van der Waals surface area (Å²) in [5.41, 5.74) is -0.449. The molecule has 0 aromatic heterocycles. The van der Waals surface area contributed by atoms with Crippen LogP contribution in [0.3, 0.4) is 0 Å². The molecule has 6 nitrogen and oxygen atoms in total. The largest absolute Gasteiger partial charge is 0.447 e. The van der Waals surface area contributed by atoms with E-state index in [0.29, 0.717) is 5.02 Å². The Morgan fingerprint density at radius 2 is 2.19 bits per heavy atom. The number of rotatable bonds is 5. The molecule has 0 bridgehead atoms. The van der Waals surface area contributed by atoms with Crippen molar-refractivity contribution < 1.29 is 14.9 Å². The molecule has 0 radical (unpaired) electrons. The van der Waals surface area contributed by atoms with E-state index < -0.39 is 15.8 Å². The maximum atomic E-state index is 11.1. The predicted molar refractivity (Wildman–Crippen MR) is 88.7 cm³/mol. The number of halogens is 3. The van der Waals surface area contributed by atoms with Crippen molar-refractivity contribution in [3.05, 3.63) is 60.5 Å². The molecule has 0 spiro atoms. The summed E-state index contributed by atoms with van der Waals surface area (Å²) < 4.78 is 6.14. The van der Waals surface area contributed by atoms with Crippen LogP contribution in [-0.2, 0) is 0 Å². The molecular weight excluding hydrogens is 434 g/mol. The smallest absolute Gasteiger partial charge is 0.314 e. The van der Waals surface area contributed by atoms with Crippen molar-refractivity contribution in [3.8, 4) is 5.75 Å². The SMILES string of the molecule is C\C=C/C(=C(Oc1cc(Cl)cc(I)c1)\C(Cl)=N\O)[N+](=O)[O-]. The van der Waals surface area contributed by atoms with Gasteiger partial charge in [0.2, 0.25) is 10.9 Å². The normalized spacial score (nSPS) is 13.2. The highest BCUT2D eigenvalue weighted by atomic mass is 127. The van der Waals surface area contributed by atoms with Gasteiger partial charge in [0.05, 0.1) is 4.92 Å². The quantitative estimate of drug-likeness (QED) is 0.139. The standard InChI is InChI=1S/C12H9Cl2IN2O4/c1-2-3-10(17(19)20)11(12(14)16-18)21-9-5-7(13)4-8(15)6-9/h2-6,18H,1H3/b3-2-,11-10-,16-12-. The van der Waals surface area contributed by atoms with E-state index >= 15 is 0 Å². The van der Waals surface area contributed by atoms with Crippen molar-refractivity contribution in [2.45, 2.75) is 6.92 Å². The van der Waals surface area contributed by atoms with Crippen molar-refractivity contribution in [1.29, 1.82) is 0 Å². The average molecular weight is 443 g/mol. The molecule has 0 aliphatic heterocycles. The van der Waals surface area contributed by atoms with Crippen molar-refractivity contribution >= 4 is 51.0 Å². The zero-order chi connectivity index (χ0) is 16.0. The van der Waals surface area contributed by atoms with Gasteiger partial charge in [0.1, 0.15) is 5.75 Å². The molecule has 1 rings (SSSR count). The lowest BCUT2D eigenvalue weighted by Gasteiger charge is -2.08. The third-order valence-electron chi connectivity index (χ3n) is 2.09. The molecule has 9 heteroatoms. The van der Waals surface area contributed by atoms with Crippen LogP contribution in [0.1, 0.15) is 6.92 Å². The summed E-state index contributed by atoms with van der Waals surface area (Å²) in [6.45, 7) is 1.59. The first-order valence-corrected chi connectivity index (χ1v) is 7.25. The molecule has 0 unspecified atom stereocenters. The first kappa shape index (κ1) is 17.7. The van der Waals surface area contributed by atoms with Crippen LogP contribution in [0.5, 0.6) is 5.75 Å². The average Bonchev–Trinajstić information content (AvgIpc) is 2.40. The molecule has 0 amide bonds. The summed E-state index contributed by atoms with van der Waals surface area (Å²) in [6.07, 6.45) is 2.61. The van der Waals surface area contributed by atoms with Crippen LogP contribution >= 0.6 is 45.8 Å². The van der Waals surface area contributed by atoms with Gasteiger partial charge in [-0.05, 0) is 47.7 Å². The Hall–Kier alpha value is -1.32. The van der Waals surface area contributed by atoms with Gasteiger partial charge in [0.15, 0.2) is 0 Å². The molecule has 0 atom stereocenters. The maximum Gasteiger partial charge on any atom is 0.314 e. The summed E-state index contributed by atoms with van der Waals surface area (Å²) in [5, 5.41) is 22.4. The van der Waals surface area contributed by atoms with Gasteiger partial charge >= 0.3 is 5.70 Å². The lowest BCUT2D eigenvalue weighted by Crippen LogP contribution is -2.12. The predicted octanol–water partition coefficient (Wildman–Crippen LogP) is 4.41. The molecular formula is C12H9Cl2IN2O4. The first-order valence-electron chi connectivity index (χ1n) is 5.42. The lowest BCUT2D eigenvalue weighted by atomic mass is 10.3. The van der Waals surface area contributed by atoms with Crippen molar-refractivity contribution in [2.24, 2.45) is 5.16 Å². The minimum atomic E-state index is -0.696. The van der Waals surface area contributed by atoms with E-state index in [1.54, 1.807) is 19.1 Å². The monoisotopic (exact) mass is 442 g/mol. The van der Waals surface area contributed by atoms with Crippen LogP contribution in [0.15, 0.2) is 47.0 Å². The van der Waals surface area contributed by atoms with E-state index in [9.17, 15) is 10.1 Å². The van der Waals surface area contributed by atoms with E-state index in [-0.39, 0.29) is 11.5 Å². The number of benzene rings is 1. The molecule has 0 saturated heterocycles. The second-order valence-electron chi connectivity index (χ2n) is 3.57. The van der Waals surface area contributed by atoms with Crippen molar-refractivity contribution in [1.82, 2.24) is 0 Å². The summed E-state index contributed by atoms with van der Waals surface area (Å²) in [7, 11) is 0. The number of nitro groups is 1. The van der Waals surface area contributed by atoms with E-state index in [1.165, 1.54) is 18.2 Å². The molecule has 1 aromatic carbocycles. The Labute approximate surface area is 144 Å². The first-order chi connectivity index (χ1) is 9.88. The number of hydrogen-bond acceptors (Lipinski definition) is 5. The maximum absolute atomic E-state index is 11.1. The number of hydrogen-bond donors (Lipinski definition) is 1. The molecule has 1 aromatic rings. The molecule has 0 fully saturated rings. The number of allylic oxidation sites excluding steroid dienone is 3. The van der Waals surface area contributed by atoms with Gasteiger partial charge in [-0.1, -0.05) is 34.4 Å². The zero-order valence-corrected chi connectivity index (χ0v) is 14.3. The zero-order valence-electron chi connectivity index (χ0n) is 10.6. The molecule has 0 aliphatic rings. The third kappa shape index (κ3) is 5.18. The molecule has 0 heterocycles. The van der Waals surface area contributed by atoms with E-state index in [0.717, 1.165) is 3.57 Å². The fourth-order valence-electron chi connectivity index (χ4n) is 1.33. The molecule has 1 N–H and O–H groups in total. The highest BCUT2D eigenvalue weighted by Gasteiger charge is 2.23. The molecule has 0 saturated carbocycles. The highest BCUT2D eigenvalue weighted by Crippen LogP contribution is 2.25. The highest BCUT2D eigenvalue weighted by molar-refractivity contribution is 14.1. The number of ether oxygens (including phenoxy) is 1. The van der Waals surface area contributed by atoms with Gasteiger partial charge < -0.3 is 9.94 Å². The second-order valence-corrected chi connectivity index (χ2v) is 5.61. The van der Waals surface area contributed by atoms with E-state index in [4.69, 9.17) is 33.1 Å². The van der Waals surface area contributed by atoms with Crippen LogP contribution in [-0.4, -0.2) is 15.3 Å². The number of nitrogens with zero attached hydrogens (tertiary/aromatic N) is 2. The van der Waals surface area contributed by atoms with Crippen LogP contribution < -0.4 is 4.74 Å². The Kier molecular flexibility index (Phi) is 6.93. The Bertz CT molecular complexity index is 624. The Morgan fingerprint density at radius 1 is 1.52 bits per heavy atom.